The number of carbonyl (C=O) groups is 1. The molecule has 3 heteroatoms. The van der Waals surface area contributed by atoms with Gasteiger partial charge in [-0.2, -0.15) is 0 Å². The summed E-state index contributed by atoms with van der Waals surface area (Å²) in [5.74, 6) is 0. The van der Waals surface area contributed by atoms with E-state index in [1.165, 1.54) is 16.0 Å². The third-order valence-electron chi connectivity index (χ3n) is 3.37. The van der Waals surface area contributed by atoms with Gasteiger partial charge in [0.1, 0.15) is 0 Å². The van der Waals surface area contributed by atoms with Gasteiger partial charge in [-0.05, 0) is 42.7 Å². The highest BCUT2D eigenvalue weighted by atomic mass is 16.2. The summed E-state index contributed by atoms with van der Waals surface area (Å²) < 4.78 is 0. The highest BCUT2D eigenvalue weighted by molar-refractivity contribution is 5.94. The van der Waals surface area contributed by atoms with Crippen LogP contribution < -0.4 is 5.32 Å². The van der Waals surface area contributed by atoms with E-state index in [9.17, 15) is 4.79 Å². The molecule has 2 aromatic carbocycles. The van der Waals surface area contributed by atoms with Gasteiger partial charge in [0.05, 0.1) is 5.69 Å². The fourth-order valence-electron chi connectivity index (χ4n) is 2.00. The molecule has 0 saturated heterocycles. The Morgan fingerprint density at radius 2 is 1.60 bits per heavy atom. The molecule has 0 aromatic heterocycles. The number of aryl methyl sites for hydroxylation is 2. The fraction of sp³-hybridized carbons (Fsp3) is 0.235. The molecule has 3 nitrogen and oxygen atoms in total. The van der Waals surface area contributed by atoms with Crippen molar-refractivity contribution in [1.82, 2.24) is 4.90 Å². The Balaban J connectivity index is 2.49. The molecule has 2 rings (SSSR count). The number of urea groups is 1. The predicted octanol–water partition coefficient (Wildman–Crippen LogP) is 4.06. The van der Waals surface area contributed by atoms with Crippen molar-refractivity contribution in [2.75, 3.05) is 19.4 Å². The third-order valence-corrected chi connectivity index (χ3v) is 3.37. The van der Waals surface area contributed by atoms with E-state index in [1.54, 1.807) is 14.1 Å². The lowest BCUT2D eigenvalue weighted by molar-refractivity contribution is 0.230. The van der Waals surface area contributed by atoms with Crippen LogP contribution in [0.5, 0.6) is 0 Å². The van der Waals surface area contributed by atoms with E-state index in [-0.39, 0.29) is 6.03 Å². The van der Waals surface area contributed by atoms with Crippen LogP contribution in [-0.4, -0.2) is 25.0 Å². The fourth-order valence-corrected chi connectivity index (χ4v) is 2.00. The first-order valence-corrected chi connectivity index (χ1v) is 6.64. The van der Waals surface area contributed by atoms with Crippen molar-refractivity contribution in [3.63, 3.8) is 0 Å². The smallest absolute Gasteiger partial charge is 0.321 e. The van der Waals surface area contributed by atoms with Gasteiger partial charge in [-0.3, -0.25) is 0 Å². The maximum Gasteiger partial charge on any atom is 0.321 e. The van der Waals surface area contributed by atoms with Crippen LogP contribution in [0.1, 0.15) is 11.1 Å². The van der Waals surface area contributed by atoms with Gasteiger partial charge in [-0.1, -0.05) is 30.3 Å². The summed E-state index contributed by atoms with van der Waals surface area (Å²) in [5.41, 5.74) is 5.37. The SMILES string of the molecule is Cc1cc(NC(=O)N(C)C)c(-c2ccccc2)cc1C. The van der Waals surface area contributed by atoms with Gasteiger partial charge in [0.2, 0.25) is 0 Å². The minimum Gasteiger partial charge on any atom is -0.331 e. The van der Waals surface area contributed by atoms with Crippen LogP contribution in [0.25, 0.3) is 11.1 Å². The van der Waals surface area contributed by atoms with Crippen LogP contribution >= 0.6 is 0 Å². The Bertz CT molecular complexity index is 618. The zero-order chi connectivity index (χ0) is 14.7. The molecule has 0 atom stereocenters. The van der Waals surface area contributed by atoms with E-state index in [1.807, 2.05) is 24.3 Å². The summed E-state index contributed by atoms with van der Waals surface area (Å²) in [5, 5.41) is 2.96. The van der Waals surface area contributed by atoms with Crippen LogP contribution in [-0.2, 0) is 0 Å². The quantitative estimate of drug-likeness (QED) is 0.875. The number of benzene rings is 2. The lowest BCUT2D eigenvalue weighted by Gasteiger charge is -2.17. The Labute approximate surface area is 120 Å². The van der Waals surface area contributed by atoms with Crippen molar-refractivity contribution in [3.05, 3.63) is 53.6 Å². The molecule has 0 aliphatic carbocycles. The highest BCUT2D eigenvalue weighted by Crippen LogP contribution is 2.30. The number of rotatable bonds is 2. The lowest BCUT2D eigenvalue weighted by Crippen LogP contribution is -2.27. The zero-order valence-electron chi connectivity index (χ0n) is 12.4. The molecule has 0 spiro atoms. The first kappa shape index (κ1) is 14.1. The Hall–Kier alpha value is -2.29. The van der Waals surface area contributed by atoms with Crippen LogP contribution in [0.4, 0.5) is 10.5 Å². The molecule has 0 unspecified atom stereocenters. The number of hydrogen-bond donors (Lipinski definition) is 1. The molecule has 0 aliphatic heterocycles. The molecule has 0 saturated carbocycles. The van der Waals surface area contributed by atoms with Crippen molar-refractivity contribution in [2.45, 2.75) is 13.8 Å². The second-order valence-corrected chi connectivity index (χ2v) is 5.17. The van der Waals surface area contributed by atoms with E-state index in [0.29, 0.717) is 0 Å². The summed E-state index contributed by atoms with van der Waals surface area (Å²) in [4.78, 5) is 13.4. The first-order chi connectivity index (χ1) is 9.49. The minimum absolute atomic E-state index is 0.120. The van der Waals surface area contributed by atoms with Gasteiger partial charge in [-0.15, -0.1) is 0 Å². The normalized spacial score (nSPS) is 10.2. The first-order valence-electron chi connectivity index (χ1n) is 6.64. The van der Waals surface area contributed by atoms with E-state index < -0.39 is 0 Å². The summed E-state index contributed by atoms with van der Waals surface area (Å²) in [6.45, 7) is 4.13. The Kier molecular flexibility index (Phi) is 4.08. The molecule has 0 bridgehead atoms. The summed E-state index contributed by atoms with van der Waals surface area (Å²) >= 11 is 0. The number of amides is 2. The highest BCUT2D eigenvalue weighted by Gasteiger charge is 2.11. The second kappa shape index (κ2) is 5.78. The lowest BCUT2D eigenvalue weighted by atomic mass is 9.98. The van der Waals surface area contributed by atoms with Gasteiger partial charge in [0.15, 0.2) is 0 Å². The number of nitrogens with one attached hydrogen (secondary N) is 1. The Morgan fingerprint density at radius 1 is 1.00 bits per heavy atom. The van der Waals surface area contributed by atoms with Crippen molar-refractivity contribution < 1.29 is 4.79 Å². The van der Waals surface area contributed by atoms with Crippen LogP contribution in [0, 0.1) is 13.8 Å². The van der Waals surface area contributed by atoms with Gasteiger partial charge in [0, 0.05) is 19.7 Å². The number of nitrogens with zero attached hydrogens (tertiary/aromatic N) is 1. The molecule has 2 aromatic rings. The molecule has 104 valence electrons. The second-order valence-electron chi connectivity index (χ2n) is 5.17. The van der Waals surface area contributed by atoms with Gasteiger partial charge in [-0.25, -0.2) is 4.79 Å². The van der Waals surface area contributed by atoms with Crippen molar-refractivity contribution in [3.8, 4) is 11.1 Å². The summed E-state index contributed by atoms with van der Waals surface area (Å²) in [6, 6.07) is 14.1. The molecule has 0 heterocycles. The molecule has 0 radical (unpaired) electrons. The molecule has 1 N–H and O–H groups in total. The van der Waals surface area contributed by atoms with Crippen LogP contribution in [0.3, 0.4) is 0 Å². The Morgan fingerprint density at radius 3 is 2.20 bits per heavy atom. The largest absolute Gasteiger partial charge is 0.331 e. The minimum atomic E-state index is -0.120. The van der Waals surface area contributed by atoms with Crippen molar-refractivity contribution >= 4 is 11.7 Å². The maximum absolute atomic E-state index is 11.9. The average molecular weight is 268 g/mol. The average Bonchev–Trinajstić information content (AvgIpc) is 2.43. The zero-order valence-corrected chi connectivity index (χ0v) is 12.4. The number of hydrogen-bond acceptors (Lipinski definition) is 1. The molecule has 0 fully saturated rings. The van der Waals surface area contributed by atoms with Gasteiger partial charge in [0.25, 0.3) is 0 Å². The van der Waals surface area contributed by atoms with Crippen LogP contribution in [0.2, 0.25) is 0 Å². The van der Waals surface area contributed by atoms with E-state index >= 15 is 0 Å². The van der Waals surface area contributed by atoms with E-state index in [0.717, 1.165) is 16.8 Å². The summed E-state index contributed by atoms with van der Waals surface area (Å²) in [7, 11) is 3.47. The van der Waals surface area contributed by atoms with Gasteiger partial charge >= 0.3 is 6.03 Å². The molecule has 20 heavy (non-hydrogen) atoms. The number of anilines is 1. The monoisotopic (exact) mass is 268 g/mol. The van der Waals surface area contributed by atoms with Crippen molar-refractivity contribution in [1.29, 1.82) is 0 Å². The third kappa shape index (κ3) is 2.99. The topological polar surface area (TPSA) is 32.3 Å². The standard InChI is InChI=1S/C17H20N2O/c1-12-10-15(14-8-6-5-7-9-14)16(11-13(12)2)18-17(20)19(3)4/h5-11H,1-4H3,(H,18,20). The van der Waals surface area contributed by atoms with Crippen molar-refractivity contribution in [2.24, 2.45) is 0 Å². The van der Waals surface area contributed by atoms with Gasteiger partial charge < -0.3 is 10.2 Å². The van der Waals surface area contributed by atoms with E-state index in [4.69, 9.17) is 0 Å². The molecular weight excluding hydrogens is 248 g/mol. The molecule has 2 amide bonds. The molecule has 0 aliphatic rings. The predicted molar refractivity (Wildman–Crippen MR) is 84.1 cm³/mol. The maximum atomic E-state index is 11.9. The van der Waals surface area contributed by atoms with E-state index in [2.05, 4.69) is 37.4 Å². The summed E-state index contributed by atoms with van der Waals surface area (Å²) in [6.07, 6.45) is 0. The number of carbonyl (C=O) groups excluding carboxylic acids is 1. The molecular formula is C17H20N2O. The van der Waals surface area contributed by atoms with Crippen LogP contribution in [0.15, 0.2) is 42.5 Å².